The summed E-state index contributed by atoms with van der Waals surface area (Å²) in [6, 6.07) is 7.81. The predicted octanol–water partition coefficient (Wildman–Crippen LogP) is 0.935. The fraction of sp³-hybridized carbons (Fsp3) is 0.588. The Kier molecular flexibility index (Phi) is 6.36. The van der Waals surface area contributed by atoms with Gasteiger partial charge in [0.05, 0.1) is 0 Å². The van der Waals surface area contributed by atoms with Gasteiger partial charge in [0.15, 0.2) is 0 Å². The molecule has 0 aromatic heterocycles. The Balaban J connectivity index is 1.85. The molecule has 1 fully saturated rings. The van der Waals surface area contributed by atoms with Crippen molar-refractivity contribution < 1.29 is 9.90 Å². The maximum Gasteiger partial charge on any atom is 0.251 e. The number of carbonyl (C=O) groups is 1. The van der Waals surface area contributed by atoms with Crippen molar-refractivity contribution in [1.29, 1.82) is 0 Å². The highest BCUT2D eigenvalue weighted by atomic mass is 16.3. The van der Waals surface area contributed by atoms with Crippen molar-refractivity contribution in [2.75, 3.05) is 39.8 Å². The monoisotopic (exact) mass is 305 g/mol. The van der Waals surface area contributed by atoms with Crippen LogP contribution >= 0.6 is 0 Å². The highest BCUT2D eigenvalue weighted by molar-refractivity contribution is 5.94. The Morgan fingerprint density at radius 1 is 1.23 bits per heavy atom. The fourth-order valence-corrected chi connectivity index (χ4v) is 2.60. The zero-order valence-electron chi connectivity index (χ0n) is 13.6. The van der Waals surface area contributed by atoms with Crippen LogP contribution in [0.25, 0.3) is 0 Å². The third-order valence-electron chi connectivity index (χ3n) is 4.16. The van der Waals surface area contributed by atoms with E-state index in [-0.39, 0.29) is 18.6 Å². The summed E-state index contributed by atoms with van der Waals surface area (Å²) in [5.74, 6) is -0.0768. The summed E-state index contributed by atoms with van der Waals surface area (Å²) in [6.07, 6.45) is 0.577. The molecule has 1 aliphatic heterocycles. The van der Waals surface area contributed by atoms with E-state index in [4.69, 9.17) is 5.11 Å². The molecule has 2 rings (SSSR count). The number of hydrogen-bond acceptors (Lipinski definition) is 4. The highest BCUT2D eigenvalue weighted by Gasteiger charge is 2.14. The van der Waals surface area contributed by atoms with Gasteiger partial charge in [0.1, 0.15) is 0 Å². The molecule has 1 atom stereocenters. The van der Waals surface area contributed by atoms with Gasteiger partial charge in [-0.05, 0) is 38.1 Å². The van der Waals surface area contributed by atoms with E-state index in [0.717, 1.165) is 32.7 Å². The van der Waals surface area contributed by atoms with Gasteiger partial charge in [-0.2, -0.15) is 0 Å². The van der Waals surface area contributed by atoms with Crippen molar-refractivity contribution in [1.82, 2.24) is 15.1 Å². The standard InChI is InChI=1S/C17H27N3O2/c1-14(7-12-21)18-17(22)16-5-3-15(4-6-16)13-20-10-8-19(2)9-11-20/h3-6,14,21H,7-13H2,1-2H3,(H,18,22)/t14-/m1/s1. The van der Waals surface area contributed by atoms with E-state index in [1.165, 1.54) is 5.56 Å². The topological polar surface area (TPSA) is 55.8 Å². The second-order valence-corrected chi connectivity index (χ2v) is 6.16. The molecule has 1 saturated heterocycles. The Bertz CT molecular complexity index is 467. The fourth-order valence-electron chi connectivity index (χ4n) is 2.60. The van der Waals surface area contributed by atoms with Crippen LogP contribution in [0.4, 0.5) is 0 Å². The average Bonchev–Trinajstić information content (AvgIpc) is 2.50. The molecule has 1 aliphatic rings. The Hall–Kier alpha value is -1.43. The molecule has 0 saturated carbocycles. The number of hydrogen-bond donors (Lipinski definition) is 2. The van der Waals surface area contributed by atoms with Crippen LogP contribution in [0.1, 0.15) is 29.3 Å². The molecule has 1 aromatic rings. The zero-order valence-corrected chi connectivity index (χ0v) is 13.6. The lowest BCUT2D eigenvalue weighted by molar-refractivity contribution is 0.0934. The van der Waals surface area contributed by atoms with Crippen molar-refractivity contribution in [3.8, 4) is 0 Å². The maximum atomic E-state index is 12.1. The normalized spacial score (nSPS) is 18.1. The van der Waals surface area contributed by atoms with Crippen molar-refractivity contribution in [3.05, 3.63) is 35.4 Å². The molecule has 22 heavy (non-hydrogen) atoms. The molecule has 0 aliphatic carbocycles. The first kappa shape index (κ1) is 16.9. The first-order valence-electron chi connectivity index (χ1n) is 8.00. The van der Waals surface area contributed by atoms with Crippen LogP contribution in [0.5, 0.6) is 0 Å². The second-order valence-electron chi connectivity index (χ2n) is 6.16. The van der Waals surface area contributed by atoms with E-state index >= 15 is 0 Å². The maximum absolute atomic E-state index is 12.1. The molecule has 2 N–H and O–H groups in total. The van der Waals surface area contributed by atoms with Gasteiger partial charge in [0, 0.05) is 50.9 Å². The van der Waals surface area contributed by atoms with Crippen LogP contribution < -0.4 is 5.32 Å². The zero-order chi connectivity index (χ0) is 15.9. The summed E-state index contributed by atoms with van der Waals surface area (Å²) in [5.41, 5.74) is 1.91. The average molecular weight is 305 g/mol. The van der Waals surface area contributed by atoms with Crippen LogP contribution in [-0.4, -0.2) is 66.7 Å². The van der Waals surface area contributed by atoms with Crippen LogP contribution in [0.15, 0.2) is 24.3 Å². The third kappa shape index (κ3) is 5.09. The minimum absolute atomic E-state index is 0.0116. The number of nitrogens with zero attached hydrogens (tertiary/aromatic N) is 2. The lowest BCUT2D eigenvalue weighted by Gasteiger charge is -2.32. The molecule has 0 unspecified atom stereocenters. The van der Waals surface area contributed by atoms with Gasteiger partial charge in [-0.25, -0.2) is 0 Å². The van der Waals surface area contributed by atoms with E-state index in [1.54, 1.807) is 0 Å². The number of amides is 1. The largest absolute Gasteiger partial charge is 0.396 e. The van der Waals surface area contributed by atoms with Crippen LogP contribution in [0.3, 0.4) is 0 Å². The molecule has 1 amide bonds. The highest BCUT2D eigenvalue weighted by Crippen LogP contribution is 2.10. The minimum Gasteiger partial charge on any atom is -0.396 e. The van der Waals surface area contributed by atoms with E-state index in [1.807, 2.05) is 31.2 Å². The summed E-state index contributed by atoms with van der Waals surface area (Å²) >= 11 is 0. The van der Waals surface area contributed by atoms with E-state index < -0.39 is 0 Å². The number of rotatable bonds is 6. The van der Waals surface area contributed by atoms with Gasteiger partial charge in [-0.15, -0.1) is 0 Å². The van der Waals surface area contributed by atoms with E-state index in [9.17, 15) is 4.79 Å². The first-order chi connectivity index (χ1) is 10.6. The number of carbonyl (C=O) groups excluding carboxylic acids is 1. The van der Waals surface area contributed by atoms with Gasteiger partial charge < -0.3 is 15.3 Å². The number of aliphatic hydroxyl groups excluding tert-OH is 1. The molecule has 0 spiro atoms. The lowest BCUT2D eigenvalue weighted by atomic mass is 10.1. The van der Waals surface area contributed by atoms with Gasteiger partial charge in [0.25, 0.3) is 5.91 Å². The first-order valence-corrected chi connectivity index (χ1v) is 8.00. The number of nitrogens with one attached hydrogen (secondary N) is 1. The van der Waals surface area contributed by atoms with Gasteiger partial charge >= 0.3 is 0 Å². The van der Waals surface area contributed by atoms with Gasteiger partial charge in [-0.1, -0.05) is 12.1 Å². The number of piperazine rings is 1. The molecule has 0 bridgehead atoms. The predicted molar refractivity (Wildman–Crippen MR) is 87.8 cm³/mol. The molecule has 1 heterocycles. The lowest BCUT2D eigenvalue weighted by Crippen LogP contribution is -2.43. The van der Waals surface area contributed by atoms with E-state index in [2.05, 4.69) is 22.2 Å². The Morgan fingerprint density at radius 3 is 2.45 bits per heavy atom. The molecule has 0 radical (unpaired) electrons. The van der Waals surface area contributed by atoms with Crippen molar-refractivity contribution in [2.24, 2.45) is 0 Å². The molecular formula is C17H27N3O2. The summed E-state index contributed by atoms with van der Waals surface area (Å²) in [6.45, 7) is 7.35. The molecular weight excluding hydrogens is 278 g/mol. The summed E-state index contributed by atoms with van der Waals surface area (Å²) in [4.78, 5) is 16.8. The molecule has 1 aromatic carbocycles. The number of likely N-dealkylation sites (N-methyl/N-ethyl adjacent to an activating group) is 1. The van der Waals surface area contributed by atoms with Crippen LogP contribution in [-0.2, 0) is 6.54 Å². The Morgan fingerprint density at radius 2 is 1.86 bits per heavy atom. The SMILES string of the molecule is C[C@H](CCO)NC(=O)c1ccc(CN2CCN(C)CC2)cc1. The van der Waals surface area contributed by atoms with Gasteiger partial charge in [0.2, 0.25) is 0 Å². The van der Waals surface area contributed by atoms with Crippen molar-refractivity contribution in [2.45, 2.75) is 25.9 Å². The number of aliphatic hydroxyl groups is 1. The van der Waals surface area contributed by atoms with Crippen molar-refractivity contribution >= 4 is 5.91 Å². The smallest absolute Gasteiger partial charge is 0.251 e. The molecule has 5 nitrogen and oxygen atoms in total. The minimum atomic E-state index is -0.0768. The second kappa shape index (κ2) is 8.27. The molecule has 122 valence electrons. The van der Waals surface area contributed by atoms with Crippen LogP contribution in [0.2, 0.25) is 0 Å². The van der Waals surface area contributed by atoms with E-state index in [0.29, 0.717) is 12.0 Å². The third-order valence-corrected chi connectivity index (χ3v) is 4.16. The summed E-state index contributed by atoms with van der Waals surface area (Å²) in [7, 11) is 2.16. The van der Waals surface area contributed by atoms with Crippen LogP contribution in [0, 0.1) is 0 Å². The quantitative estimate of drug-likeness (QED) is 0.821. The molecule has 5 heteroatoms. The Labute approximate surface area is 132 Å². The van der Waals surface area contributed by atoms with Crippen molar-refractivity contribution in [3.63, 3.8) is 0 Å². The number of benzene rings is 1. The van der Waals surface area contributed by atoms with Gasteiger partial charge in [-0.3, -0.25) is 9.69 Å². The summed E-state index contributed by atoms with van der Waals surface area (Å²) in [5, 5.41) is 11.8. The summed E-state index contributed by atoms with van der Waals surface area (Å²) < 4.78 is 0.